The number of ether oxygens (including phenoxy) is 1. The Morgan fingerprint density at radius 3 is 2.57 bits per heavy atom. The van der Waals surface area contributed by atoms with Crippen LogP contribution in [-0.4, -0.2) is 19.0 Å². The molecule has 1 unspecified atom stereocenters. The van der Waals surface area contributed by atoms with Crippen LogP contribution in [0.25, 0.3) is 0 Å². The molecule has 2 N–H and O–H groups in total. The molecule has 3 rings (SSSR count). The zero-order valence-electron chi connectivity index (χ0n) is 11.4. The molecule has 106 valence electrons. The third kappa shape index (κ3) is 2.45. The molecule has 0 saturated heterocycles. The number of para-hydroxylation sites is 1. The van der Waals surface area contributed by atoms with Crippen LogP contribution >= 0.6 is 0 Å². The summed E-state index contributed by atoms with van der Waals surface area (Å²) < 4.78 is 4.65. The van der Waals surface area contributed by atoms with E-state index in [2.05, 4.69) is 15.4 Å². The van der Waals surface area contributed by atoms with Crippen LogP contribution in [0.3, 0.4) is 0 Å². The van der Waals surface area contributed by atoms with Crippen LogP contribution in [0.1, 0.15) is 22.0 Å². The molecule has 1 aliphatic rings. The van der Waals surface area contributed by atoms with E-state index in [-0.39, 0.29) is 11.9 Å². The first-order chi connectivity index (χ1) is 10.2. The molecule has 1 amide bonds. The molecule has 0 saturated carbocycles. The Morgan fingerprint density at radius 2 is 1.86 bits per heavy atom. The van der Waals surface area contributed by atoms with Gasteiger partial charge < -0.3 is 15.4 Å². The summed E-state index contributed by atoms with van der Waals surface area (Å²) >= 11 is 0. The Bertz CT molecular complexity index is 695. The normalized spacial score (nSPS) is 16.0. The van der Waals surface area contributed by atoms with Crippen LogP contribution < -0.4 is 10.6 Å². The first kappa shape index (κ1) is 13.2. The molecule has 2 aromatic rings. The molecule has 0 radical (unpaired) electrons. The summed E-state index contributed by atoms with van der Waals surface area (Å²) in [5, 5.41) is 6.00. The van der Waals surface area contributed by atoms with Crippen molar-refractivity contribution in [2.24, 2.45) is 0 Å². The van der Waals surface area contributed by atoms with Crippen molar-refractivity contribution < 1.29 is 14.3 Å². The van der Waals surface area contributed by atoms with Crippen molar-refractivity contribution in [1.29, 1.82) is 0 Å². The van der Waals surface area contributed by atoms with E-state index in [1.807, 2.05) is 24.3 Å². The summed E-state index contributed by atoms with van der Waals surface area (Å²) in [6.45, 7) is 0. The fourth-order valence-electron chi connectivity index (χ4n) is 2.34. The zero-order valence-corrected chi connectivity index (χ0v) is 11.4. The topological polar surface area (TPSA) is 67.4 Å². The number of methoxy groups -OCH3 is 1. The second kappa shape index (κ2) is 5.28. The van der Waals surface area contributed by atoms with Crippen molar-refractivity contribution in [3.8, 4) is 0 Å². The first-order valence-corrected chi connectivity index (χ1v) is 6.54. The molecular weight excluding hydrogens is 268 g/mol. The van der Waals surface area contributed by atoms with Gasteiger partial charge in [0.1, 0.15) is 6.04 Å². The van der Waals surface area contributed by atoms with Gasteiger partial charge in [0.05, 0.1) is 12.7 Å². The first-order valence-electron chi connectivity index (χ1n) is 6.54. The number of carbonyl (C=O) groups excluding carboxylic acids is 2. The van der Waals surface area contributed by atoms with E-state index < -0.39 is 6.04 Å². The lowest BCUT2D eigenvalue weighted by molar-refractivity contribution is -0.116. The van der Waals surface area contributed by atoms with Crippen LogP contribution in [0.15, 0.2) is 48.5 Å². The highest BCUT2D eigenvalue weighted by molar-refractivity contribution is 6.04. The van der Waals surface area contributed by atoms with Gasteiger partial charge in [-0.15, -0.1) is 0 Å². The number of hydrogen-bond acceptors (Lipinski definition) is 4. The van der Waals surface area contributed by atoms with Crippen LogP contribution in [0.4, 0.5) is 11.4 Å². The SMILES string of the molecule is COC(=O)c1ccc(NC2C(=O)Nc3ccccc32)cc1. The van der Waals surface area contributed by atoms with Crippen LogP contribution in [-0.2, 0) is 9.53 Å². The van der Waals surface area contributed by atoms with E-state index in [9.17, 15) is 9.59 Å². The lowest BCUT2D eigenvalue weighted by atomic mass is 10.1. The summed E-state index contributed by atoms with van der Waals surface area (Å²) in [5.74, 6) is -0.473. The molecule has 0 aliphatic carbocycles. The van der Waals surface area contributed by atoms with Gasteiger partial charge in [-0.05, 0) is 30.3 Å². The number of anilines is 2. The fourth-order valence-corrected chi connectivity index (χ4v) is 2.34. The molecule has 21 heavy (non-hydrogen) atoms. The predicted octanol–water partition coefficient (Wildman–Crippen LogP) is 2.58. The third-order valence-electron chi connectivity index (χ3n) is 3.41. The average molecular weight is 282 g/mol. The van der Waals surface area contributed by atoms with Gasteiger partial charge in [0.25, 0.3) is 5.91 Å². The van der Waals surface area contributed by atoms with Crippen molar-refractivity contribution in [2.75, 3.05) is 17.7 Å². The lowest BCUT2D eigenvalue weighted by Gasteiger charge is -2.13. The molecule has 0 fully saturated rings. The van der Waals surface area contributed by atoms with Crippen molar-refractivity contribution in [2.45, 2.75) is 6.04 Å². The molecule has 1 aliphatic heterocycles. The van der Waals surface area contributed by atoms with Gasteiger partial charge in [0.15, 0.2) is 0 Å². The van der Waals surface area contributed by atoms with E-state index in [1.165, 1.54) is 7.11 Å². The molecule has 0 aromatic heterocycles. The van der Waals surface area contributed by atoms with E-state index in [4.69, 9.17) is 0 Å². The zero-order chi connectivity index (χ0) is 14.8. The van der Waals surface area contributed by atoms with Crippen molar-refractivity contribution >= 4 is 23.3 Å². The summed E-state index contributed by atoms with van der Waals surface area (Å²) in [6, 6.07) is 14.0. The number of hydrogen-bond donors (Lipinski definition) is 2. The van der Waals surface area contributed by atoms with Crippen LogP contribution in [0.2, 0.25) is 0 Å². The minimum Gasteiger partial charge on any atom is -0.465 e. The van der Waals surface area contributed by atoms with Crippen molar-refractivity contribution in [3.63, 3.8) is 0 Å². The third-order valence-corrected chi connectivity index (χ3v) is 3.41. The number of esters is 1. The number of benzene rings is 2. The van der Waals surface area contributed by atoms with E-state index in [0.717, 1.165) is 16.9 Å². The lowest BCUT2D eigenvalue weighted by Crippen LogP contribution is -2.19. The Morgan fingerprint density at radius 1 is 1.14 bits per heavy atom. The van der Waals surface area contributed by atoms with E-state index in [0.29, 0.717) is 5.56 Å². The highest BCUT2D eigenvalue weighted by Crippen LogP contribution is 2.32. The van der Waals surface area contributed by atoms with Gasteiger partial charge in [0, 0.05) is 16.9 Å². The van der Waals surface area contributed by atoms with Gasteiger partial charge in [-0.1, -0.05) is 18.2 Å². The van der Waals surface area contributed by atoms with Crippen LogP contribution in [0, 0.1) is 0 Å². The molecule has 1 heterocycles. The molecule has 5 heteroatoms. The molecule has 0 spiro atoms. The summed E-state index contributed by atoms with van der Waals surface area (Å²) in [4.78, 5) is 23.4. The Balaban J connectivity index is 1.81. The molecular formula is C16H14N2O3. The number of carbonyl (C=O) groups is 2. The Hall–Kier alpha value is -2.82. The molecule has 1 atom stereocenters. The van der Waals surface area contributed by atoms with Gasteiger partial charge in [-0.2, -0.15) is 0 Å². The summed E-state index contributed by atoms with van der Waals surface area (Å²) in [6.07, 6.45) is 0. The highest BCUT2D eigenvalue weighted by Gasteiger charge is 2.29. The number of rotatable bonds is 3. The number of nitrogens with one attached hydrogen (secondary N) is 2. The second-order valence-electron chi connectivity index (χ2n) is 4.72. The van der Waals surface area contributed by atoms with Crippen molar-refractivity contribution in [3.05, 3.63) is 59.7 Å². The minimum absolute atomic E-state index is 0.0896. The summed E-state index contributed by atoms with van der Waals surface area (Å²) in [7, 11) is 1.34. The van der Waals surface area contributed by atoms with E-state index >= 15 is 0 Å². The smallest absolute Gasteiger partial charge is 0.337 e. The Kier molecular flexibility index (Phi) is 3.31. The molecule has 0 bridgehead atoms. The van der Waals surface area contributed by atoms with E-state index in [1.54, 1.807) is 24.3 Å². The monoisotopic (exact) mass is 282 g/mol. The van der Waals surface area contributed by atoms with Crippen LogP contribution in [0.5, 0.6) is 0 Å². The quantitative estimate of drug-likeness (QED) is 0.849. The Labute approximate surface area is 121 Å². The predicted molar refractivity (Wildman–Crippen MR) is 79.2 cm³/mol. The maximum atomic E-state index is 12.0. The van der Waals surface area contributed by atoms with Crippen molar-refractivity contribution in [1.82, 2.24) is 0 Å². The average Bonchev–Trinajstić information content (AvgIpc) is 2.83. The fraction of sp³-hybridized carbons (Fsp3) is 0.125. The molecule has 2 aromatic carbocycles. The van der Waals surface area contributed by atoms with Gasteiger partial charge >= 0.3 is 5.97 Å². The number of fused-ring (bicyclic) bond motifs is 1. The largest absolute Gasteiger partial charge is 0.465 e. The van der Waals surface area contributed by atoms with Gasteiger partial charge in [-0.25, -0.2) is 4.79 Å². The second-order valence-corrected chi connectivity index (χ2v) is 4.72. The standard InChI is InChI=1S/C16H14N2O3/c1-21-16(20)10-6-8-11(9-7-10)17-14-12-4-2-3-5-13(12)18-15(14)19/h2-9,14,17H,1H3,(H,18,19). The minimum atomic E-state index is -0.426. The number of amides is 1. The van der Waals surface area contributed by atoms with Gasteiger partial charge in [-0.3, -0.25) is 4.79 Å². The summed E-state index contributed by atoms with van der Waals surface area (Å²) in [5.41, 5.74) is 2.98. The highest BCUT2D eigenvalue weighted by atomic mass is 16.5. The maximum absolute atomic E-state index is 12.0. The molecule has 5 nitrogen and oxygen atoms in total. The maximum Gasteiger partial charge on any atom is 0.337 e. The van der Waals surface area contributed by atoms with Gasteiger partial charge in [0.2, 0.25) is 0 Å².